The van der Waals surface area contributed by atoms with Gasteiger partial charge in [0.25, 0.3) is 10.1 Å². The number of hydrogen-bond acceptors (Lipinski definition) is 3. The summed E-state index contributed by atoms with van der Waals surface area (Å²) >= 11 is 0. The molecule has 0 bridgehead atoms. The van der Waals surface area contributed by atoms with Gasteiger partial charge in [-0.15, -0.1) is 12.4 Å². The van der Waals surface area contributed by atoms with Gasteiger partial charge in [-0.3, -0.25) is 4.55 Å². The average Bonchev–Trinajstić information content (AvgIpc) is 1.62. The van der Waals surface area contributed by atoms with Crippen LogP contribution in [-0.2, 0) is 10.1 Å². The van der Waals surface area contributed by atoms with Crippen LogP contribution in [0.2, 0.25) is 0 Å². The molecule has 10 heavy (non-hydrogen) atoms. The Labute approximate surface area is 89.3 Å². The molecule has 1 atom stereocenters. The van der Waals surface area contributed by atoms with Crippen LogP contribution in [-0.4, -0.2) is 23.5 Å². The van der Waals surface area contributed by atoms with E-state index in [1.54, 1.807) is 0 Å². The third-order valence-corrected chi connectivity index (χ3v) is 1.31. The third kappa shape index (κ3) is 7.01. The maximum atomic E-state index is 9.80. The zero-order chi connectivity index (χ0) is 6.78. The van der Waals surface area contributed by atoms with Crippen LogP contribution in [0, 0.1) is 0 Å². The first-order chi connectivity index (χ1) is 3.48. The molecule has 0 aliphatic rings. The van der Waals surface area contributed by atoms with Crippen LogP contribution < -0.4 is 29.6 Å². The summed E-state index contributed by atoms with van der Waals surface area (Å²) in [5.41, 5.74) is -1.86. The Hall–Kier alpha value is 0.900. The second kappa shape index (κ2) is 6.60. The van der Waals surface area contributed by atoms with Crippen molar-refractivity contribution in [2.24, 2.45) is 0 Å². The van der Waals surface area contributed by atoms with Crippen molar-refractivity contribution in [1.29, 1.82) is 0 Å². The van der Waals surface area contributed by atoms with Crippen molar-refractivity contribution >= 4 is 22.5 Å². The molecule has 0 aromatic heterocycles. The van der Waals surface area contributed by atoms with E-state index in [9.17, 15) is 8.42 Å². The number of aliphatic hydroxyl groups is 1. The van der Waals surface area contributed by atoms with Crippen molar-refractivity contribution in [3.8, 4) is 0 Å². The summed E-state index contributed by atoms with van der Waals surface area (Å²) in [7, 11) is -4.32. The first kappa shape index (κ1) is 17.1. The van der Waals surface area contributed by atoms with Crippen LogP contribution in [0.4, 0.5) is 0 Å². The molecule has 0 spiro atoms. The number of hydrogen-bond donors (Lipinski definition) is 2. The molecule has 0 aromatic rings. The summed E-state index contributed by atoms with van der Waals surface area (Å²) in [6.45, 7) is 2.94. The van der Waals surface area contributed by atoms with Gasteiger partial charge in [0.15, 0.2) is 5.44 Å². The quantitative estimate of drug-likeness (QED) is 0.280. The zero-order valence-corrected chi connectivity index (χ0v) is 9.02. The summed E-state index contributed by atoms with van der Waals surface area (Å²) in [6, 6.07) is 0. The summed E-state index contributed by atoms with van der Waals surface area (Å²) in [5, 5.41) is 8.24. The first-order valence-corrected chi connectivity index (χ1v) is 3.25. The standard InChI is InChI=1S/C3H6O4S.ClH.Na.H/c1-2-3(4)8(5,6)7;;;/h2-4H,1H2,(H,5,6,7);1H;;/q;;+1;-1. The molecule has 0 radical (unpaired) electrons. The van der Waals surface area contributed by atoms with E-state index in [0.29, 0.717) is 0 Å². The smallest absolute Gasteiger partial charge is 1.00 e. The summed E-state index contributed by atoms with van der Waals surface area (Å²) in [6.07, 6.45) is 0.718. The Morgan fingerprint density at radius 3 is 1.90 bits per heavy atom. The van der Waals surface area contributed by atoms with Gasteiger partial charge in [-0.2, -0.15) is 8.42 Å². The summed E-state index contributed by atoms with van der Waals surface area (Å²) in [4.78, 5) is 0. The second-order valence-electron chi connectivity index (χ2n) is 1.14. The summed E-state index contributed by atoms with van der Waals surface area (Å²) < 4.78 is 27.5. The molecule has 58 valence electrons. The van der Waals surface area contributed by atoms with E-state index in [2.05, 4.69) is 6.58 Å². The summed E-state index contributed by atoms with van der Waals surface area (Å²) in [5.74, 6) is 0. The van der Waals surface area contributed by atoms with Gasteiger partial charge in [0.1, 0.15) is 0 Å². The fraction of sp³-hybridized carbons (Fsp3) is 0.333. The minimum absolute atomic E-state index is 0. The maximum absolute atomic E-state index is 9.80. The van der Waals surface area contributed by atoms with E-state index in [1.165, 1.54) is 0 Å². The minimum Gasteiger partial charge on any atom is -1.00 e. The number of rotatable bonds is 2. The van der Waals surface area contributed by atoms with Crippen LogP contribution in [0.15, 0.2) is 12.7 Å². The van der Waals surface area contributed by atoms with Crippen molar-refractivity contribution in [1.82, 2.24) is 0 Å². The van der Waals surface area contributed by atoms with Gasteiger partial charge < -0.3 is 6.53 Å². The zero-order valence-electron chi connectivity index (χ0n) is 6.39. The van der Waals surface area contributed by atoms with E-state index in [4.69, 9.17) is 9.66 Å². The number of halogens is 1. The van der Waals surface area contributed by atoms with Crippen LogP contribution in [0.25, 0.3) is 0 Å². The van der Waals surface area contributed by atoms with E-state index >= 15 is 0 Å². The van der Waals surface area contributed by atoms with Gasteiger partial charge in [-0.05, 0) is 6.08 Å². The van der Waals surface area contributed by atoms with Gasteiger partial charge in [0.05, 0.1) is 0 Å². The predicted octanol–water partition coefficient (Wildman–Crippen LogP) is -3.08. The molecule has 1 unspecified atom stereocenters. The van der Waals surface area contributed by atoms with Crippen molar-refractivity contribution in [3.63, 3.8) is 0 Å². The van der Waals surface area contributed by atoms with Crippen molar-refractivity contribution < 1.29 is 49.1 Å². The molecular weight excluding hydrogens is 191 g/mol. The monoisotopic (exact) mass is 198 g/mol. The van der Waals surface area contributed by atoms with Gasteiger partial charge >= 0.3 is 29.6 Å². The molecule has 0 aliphatic carbocycles. The van der Waals surface area contributed by atoms with Crippen LogP contribution >= 0.6 is 12.4 Å². The molecule has 0 aliphatic heterocycles. The molecule has 0 fully saturated rings. The van der Waals surface area contributed by atoms with Crippen molar-refractivity contribution in [3.05, 3.63) is 12.7 Å². The molecule has 0 saturated heterocycles. The fourth-order valence-electron chi connectivity index (χ4n) is 0.122. The van der Waals surface area contributed by atoms with Crippen LogP contribution in [0.5, 0.6) is 0 Å². The molecule has 7 heteroatoms. The van der Waals surface area contributed by atoms with Crippen LogP contribution in [0.3, 0.4) is 0 Å². The minimum atomic E-state index is -4.32. The molecule has 0 aromatic carbocycles. The third-order valence-electron chi connectivity index (χ3n) is 0.507. The normalized spacial score (nSPS) is 12.2. The largest absolute Gasteiger partial charge is 1.00 e. The Morgan fingerprint density at radius 1 is 1.60 bits per heavy atom. The molecule has 2 N–H and O–H groups in total. The van der Waals surface area contributed by atoms with Gasteiger partial charge in [0, 0.05) is 0 Å². The average molecular weight is 199 g/mol. The molecule has 4 nitrogen and oxygen atoms in total. The SMILES string of the molecule is C=CC(O)S(=O)(=O)O.Cl.[H-].[Na+]. The van der Waals surface area contributed by atoms with Gasteiger partial charge in [0.2, 0.25) is 0 Å². The second-order valence-corrected chi connectivity index (χ2v) is 2.65. The molecular formula is C3H8ClNaO4S. The van der Waals surface area contributed by atoms with E-state index < -0.39 is 15.6 Å². The Balaban J connectivity index is -0.0000000817. The van der Waals surface area contributed by atoms with Crippen LogP contribution in [0.1, 0.15) is 1.43 Å². The van der Waals surface area contributed by atoms with Gasteiger partial charge in [-0.1, -0.05) is 6.58 Å². The molecule has 0 heterocycles. The van der Waals surface area contributed by atoms with E-state index in [1.807, 2.05) is 0 Å². The molecule has 0 amide bonds. The van der Waals surface area contributed by atoms with E-state index in [-0.39, 0.29) is 43.4 Å². The maximum Gasteiger partial charge on any atom is 1.00 e. The Morgan fingerprint density at radius 2 is 1.90 bits per heavy atom. The van der Waals surface area contributed by atoms with Gasteiger partial charge in [-0.25, -0.2) is 0 Å². The first-order valence-electron chi connectivity index (χ1n) is 1.75. The number of aliphatic hydroxyl groups excluding tert-OH is 1. The molecule has 0 saturated carbocycles. The fourth-order valence-corrected chi connectivity index (χ4v) is 0.365. The van der Waals surface area contributed by atoms with Crippen molar-refractivity contribution in [2.45, 2.75) is 5.44 Å². The topological polar surface area (TPSA) is 74.6 Å². The Bertz CT molecular complexity index is 182. The predicted molar refractivity (Wildman–Crippen MR) is 36.1 cm³/mol. The van der Waals surface area contributed by atoms with Crippen molar-refractivity contribution in [2.75, 3.05) is 0 Å². The Kier molecular flexibility index (Phi) is 11.3. The molecule has 0 rings (SSSR count). The van der Waals surface area contributed by atoms with E-state index in [0.717, 1.165) is 6.08 Å².